The van der Waals surface area contributed by atoms with Crippen molar-refractivity contribution < 1.29 is 19.3 Å². The first-order chi connectivity index (χ1) is 11.8. The SMILES string of the molecule is CC1C(c2ccc(F)cc2)=[N+]([O-])C(C)(c2cccc([N+](=O)[O-])c2)N1O. The number of nitro groups is 1. The van der Waals surface area contributed by atoms with E-state index in [1.807, 2.05) is 0 Å². The number of benzene rings is 2. The van der Waals surface area contributed by atoms with Gasteiger partial charge >= 0.3 is 0 Å². The van der Waals surface area contributed by atoms with Gasteiger partial charge in [0.1, 0.15) is 11.9 Å². The fourth-order valence-corrected chi connectivity index (χ4v) is 3.13. The molecule has 2 unspecified atom stereocenters. The van der Waals surface area contributed by atoms with Gasteiger partial charge in [0.15, 0.2) is 0 Å². The van der Waals surface area contributed by atoms with Gasteiger partial charge in [-0.15, -0.1) is 5.06 Å². The maximum atomic E-state index is 13.2. The Morgan fingerprint density at radius 3 is 2.52 bits per heavy atom. The van der Waals surface area contributed by atoms with Crippen LogP contribution in [0.3, 0.4) is 0 Å². The van der Waals surface area contributed by atoms with Crippen LogP contribution in [-0.4, -0.2) is 31.7 Å². The van der Waals surface area contributed by atoms with Crippen LogP contribution in [0.5, 0.6) is 0 Å². The van der Waals surface area contributed by atoms with Gasteiger partial charge in [-0.1, -0.05) is 6.07 Å². The minimum absolute atomic E-state index is 0.177. The maximum absolute atomic E-state index is 13.2. The molecule has 0 amide bonds. The van der Waals surface area contributed by atoms with E-state index in [0.29, 0.717) is 10.3 Å². The fraction of sp³-hybridized carbons (Fsp3) is 0.235. The maximum Gasteiger partial charge on any atom is 0.274 e. The van der Waals surface area contributed by atoms with E-state index in [2.05, 4.69) is 0 Å². The molecule has 130 valence electrons. The van der Waals surface area contributed by atoms with E-state index in [1.165, 1.54) is 49.4 Å². The molecule has 0 spiro atoms. The van der Waals surface area contributed by atoms with E-state index >= 15 is 0 Å². The van der Waals surface area contributed by atoms with Gasteiger partial charge < -0.3 is 10.4 Å². The monoisotopic (exact) mass is 345 g/mol. The van der Waals surface area contributed by atoms with Crippen LogP contribution in [0.15, 0.2) is 48.5 Å². The zero-order valence-corrected chi connectivity index (χ0v) is 13.6. The summed E-state index contributed by atoms with van der Waals surface area (Å²) in [4.78, 5) is 10.5. The summed E-state index contributed by atoms with van der Waals surface area (Å²) in [6, 6.07) is 10.3. The molecule has 2 aromatic rings. The van der Waals surface area contributed by atoms with Crippen molar-refractivity contribution in [3.8, 4) is 0 Å². The second-order valence-electron chi connectivity index (χ2n) is 6.04. The van der Waals surface area contributed by atoms with Crippen LogP contribution < -0.4 is 0 Å². The van der Waals surface area contributed by atoms with E-state index in [9.17, 15) is 24.9 Å². The molecule has 25 heavy (non-hydrogen) atoms. The summed E-state index contributed by atoms with van der Waals surface area (Å²) in [6.07, 6.45) is 0. The molecule has 1 N–H and O–H groups in total. The van der Waals surface area contributed by atoms with Gasteiger partial charge in [0.05, 0.1) is 4.92 Å². The predicted molar refractivity (Wildman–Crippen MR) is 87.7 cm³/mol. The summed E-state index contributed by atoms with van der Waals surface area (Å²) in [6.45, 7) is 3.11. The van der Waals surface area contributed by atoms with Crippen molar-refractivity contribution in [3.63, 3.8) is 0 Å². The van der Waals surface area contributed by atoms with Crippen molar-refractivity contribution >= 4 is 11.4 Å². The van der Waals surface area contributed by atoms with Crippen LogP contribution in [0.4, 0.5) is 10.1 Å². The van der Waals surface area contributed by atoms with E-state index < -0.39 is 22.4 Å². The highest BCUT2D eigenvalue weighted by Gasteiger charge is 2.54. The van der Waals surface area contributed by atoms with Crippen LogP contribution >= 0.6 is 0 Å². The molecule has 3 rings (SSSR count). The number of hydrogen-bond donors (Lipinski definition) is 1. The van der Waals surface area contributed by atoms with Crippen LogP contribution in [-0.2, 0) is 5.66 Å². The molecule has 0 saturated heterocycles. The molecule has 0 saturated carbocycles. The van der Waals surface area contributed by atoms with Crippen LogP contribution in [0, 0.1) is 21.1 Å². The van der Waals surface area contributed by atoms with Gasteiger partial charge in [-0.05, 0) is 37.3 Å². The molecule has 0 fully saturated rings. The van der Waals surface area contributed by atoms with E-state index in [0.717, 1.165) is 5.06 Å². The smallest absolute Gasteiger partial charge is 0.274 e. The largest absolute Gasteiger partial charge is 0.622 e. The molecule has 0 aliphatic carbocycles. The number of nitrogens with zero attached hydrogens (tertiary/aromatic N) is 3. The van der Waals surface area contributed by atoms with Gasteiger partial charge in [0.25, 0.3) is 11.4 Å². The lowest BCUT2D eigenvalue weighted by atomic mass is 10.0. The molecule has 7 nitrogen and oxygen atoms in total. The Morgan fingerprint density at radius 1 is 1.28 bits per heavy atom. The van der Waals surface area contributed by atoms with Gasteiger partial charge in [0.2, 0.25) is 5.71 Å². The van der Waals surface area contributed by atoms with Crippen molar-refractivity contribution in [2.24, 2.45) is 0 Å². The van der Waals surface area contributed by atoms with Crippen molar-refractivity contribution in [3.05, 3.63) is 80.8 Å². The van der Waals surface area contributed by atoms with Crippen molar-refractivity contribution in [1.29, 1.82) is 0 Å². The Labute approximate surface area is 142 Å². The lowest BCUT2D eigenvalue weighted by Gasteiger charge is -2.29. The number of nitro benzene ring substituents is 1. The normalized spacial score (nSPS) is 23.9. The van der Waals surface area contributed by atoms with E-state index in [4.69, 9.17) is 0 Å². The quantitative estimate of drug-likeness (QED) is 0.399. The summed E-state index contributed by atoms with van der Waals surface area (Å²) < 4.78 is 13.8. The fourth-order valence-electron chi connectivity index (χ4n) is 3.13. The molecule has 0 radical (unpaired) electrons. The first-order valence-corrected chi connectivity index (χ1v) is 7.60. The summed E-state index contributed by atoms with van der Waals surface area (Å²) in [5.41, 5.74) is -0.727. The Morgan fingerprint density at radius 2 is 1.92 bits per heavy atom. The molecular weight excluding hydrogens is 329 g/mol. The van der Waals surface area contributed by atoms with Gasteiger partial charge in [0, 0.05) is 30.2 Å². The van der Waals surface area contributed by atoms with Gasteiger partial charge in [-0.2, -0.15) is 4.74 Å². The number of hydrogen-bond acceptors (Lipinski definition) is 5. The molecule has 0 bridgehead atoms. The molecule has 8 heteroatoms. The van der Waals surface area contributed by atoms with Crippen LogP contribution in [0.1, 0.15) is 25.0 Å². The number of rotatable bonds is 3. The minimum Gasteiger partial charge on any atom is -0.622 e. The van der Waals surface area contributed by atoms with E-state index in [1.54, 1.807) is 13.0 Å². The van der Waals surface area contributed by atoms with Crippen LogP contribution in [0.2, 0.25) is 0 Å². The average Bonchev–Trinajstić information content (AvgIpc) is 2.78. The molecule has 0 aromatic heterocycles. The third-order valence-corrected chi connectivity index (χ3v) is 4.57. The zero-order chi connectivity index (χ0) is 18.4. The van der Waals surface area contributed by atoms with Crippen molar-refractivity contribution in [2.75, 3.05) is 0 Å². The Kier molecular flexibility index (Phi) is 4.02. The van der Waals surface area contributed by atoms with Gasteiger partial charge in [-0.3, -0.25) is 10.1 Å². The highest BCUT2D eigenvalue weighted by molar-refractivity contribution is 6.01. The first-order valence-electron chi connectivity index (χ1n) is 7.60. The highest BCUT2D eigenvalue weighted by Crippen LogP contribution is 2.37. The Balaban J connectivity index is 2.16. The van der Waals surface area contributed by atoms with Crippen LogP contribution in [0.25, 0.3) is 0 Å². The molecule has 2 atom stereocenters. The standard InChI is InChI=1S/C17H16FN3O4/c1-11-16(12-6-8-14(18)9-7-12)20(23)17(2,19(11)22)13-4-3-5-15(10-13)21(24)25/h3-11,22H,1-2H3. The number of halogens is 1. The average molecular weight is 345 g/mol. The predicted octanol–water partition coefficient (Wildman–Crippen LogP) is 3.00. The Hall–Kier alpha value is -2.84. The summed E-state index contributed by atoms with van der Waals surface area (Å²) in [7, 11) is 0. The van der Waals surface area contributed by atoms with E-state index in [-0.39, 0.29) is 17.0 Å². The summed E-state index contributed by atoms with van der Waals surface area (Å²) in [5, 5.41) is 35.5. The van der Waals surface area contributed by atoms with Gasteiger partial charge in [-0.25, -0.2) is 4.39 Å². The lowest BCUT2D eigenvalue weighted by Crippen LogP contribution is -2.45. The van der Waals surface area contributed by atoms with Crippen molar-refractivity contribution in [2.45, 2.75) is 25.6 Å². The molecule has 2 aromatic carbocycles. The third-order valence-electron chi connectivity index (χ3n) is 4.57. The molecule has 1 aliphatic heterocycles. The Bertz CT molecular complexity index is 868. The van der Waals surface area contributed by atoms with Crippen molar-refractivity contribution in [1.82, 2.24) is 5.06 Å². The molecule has 1 heterocycles. The second-order valence-corrected chi connectivity index (χ2v) is 6.04. The number of hydroxylamine groups is 3. The minimum atomic E-state index is -1.55. The second kappa shape index (κ2) is 5.91. The lowest BCUT2D eigenvalue weighted by molar-refractivity contribution is -0.595. The zero-order valence-electron chi connectivity index (χ0n) is 13.6. The third kappa shape index (κ3) is 2.55. The highest BCUT2D eigenvalue weighted by atomic mass is 19.1. The summed E-state index contributed by atoms with van der Waals surface area (Å²) >= 11 is 0. The number of non-ortho nitro benzene ring substituents is 1. The molecular formula is C17H16FN3O4. The molecule has 1 aliphatic rings. The summed E-state index contributed by atoms with van der Waals surface area (Å²) in [5.74, 6) is -0.435. The topological polar surface area (TPSA) is 92.7 Å². The first kappa shape index (κ1) is 17.0.